The Bertz CT molecular complexity index is 2890. The molecule has 0 spiro atoms. The van der Waals surface area contributed by atoms with Gasteiger partial charge in [0, 0.05) is 118 Å². The van der Waals surface area contributed by atoms with Crippen LogP contribution in [0.15, 0.2) is 72.9 Å². The van der Waals surface area contributed by atoms with Crippen LogP contribution in [-0.4, -0.2) is 227 Å². The summed E-state index contributed by atoms with van der Waals surface area (Å²) in [6.07, 6.45) is 11.8. The van der Waals surface area contributed by atoms with E-state index >= 15 is 0 Å². The molecule has 7 rings (SSSR count). The number of hydrogen-bond donors (Lipinski definition) is 5. The molecule has 7 N–H and O–H groups in total. The number of nitrogens with one attached hydrogen (secondary N) is 1. The maximum absolute atomic E-state index is 12.9. The molecule has 33 nitrogen and oxygen atoms in total. The van der Waals surface area contributed by atoms with Gasteiger partial charge in [-0.05, 0) is 57.5 Å². The Hall–Kier alpha value is -10.2. The Kier molecular flexibility index (Phi) is 25.9. The van der Waals surface area contributed by atoms with Gasteiger partial charge in [0.25, 0.3) is 82.7 Å². The molecule has 7 aliphatic rings. The number of carboxylic acid groups (broad SMARTS) is 2. The fraction of sp³-hybridized carbons (Fsp3) is 0.446. The number of imide groups is 7. The number of hydroxylamine groups is 2. The highest BCUT2D eigenvalue weighted by Gasteiger charge is 2.40. The van der Waals surface area contributed by atoms with E-state index < -0.39 is 137 Å². The summed E-state index contributed by atoms with van der Waals surface area (Å²) < 4.78 is 5.34. The molecule has 0 radical (unpaired) electrons. The van der Waals surface area contributed by atoms with Crippen molar-refractivity contribution in [3.63, 3.8) is 0 Å². The maximum Gasteiger partial charge on any atom is 0.333 e. The van der Waals surface area contributed by atoms with Gasteiger partial charge in [0.15, 0.2) is 0 Å². The van der Waals surface area contributed by atoms with Crippen molar-refractivity contribution >= 4 is 112 Å². The molecule has 0 aromatic carbocycles. The van der Waals surface area contributed by atoms with Crippen LogP contribution in [0, 0.1) is 5.92 Å². The molecule has 33 heteroatoms. The zero-order valence-corrected chi connectivity index (χ0v) is 47.7. The molecule has 15 amide bonds. The topological polar surface area (TPSA) is 470 Å². The second kappa shape index (κ2) is 33.1. The van der Waals surface area contributed by atoms with Crippen molar-refractivity contribution in [1.29, 1.82) is 0 Å². The van der Waals surface area contributed by atoms with Crippen molar-refractivity contribution < 1.29 is 111 Å². The Morgan fingerprint density at radius 2 is 0.809 bits per heavy atom. The standard InChI is InChI=1S/C32H33N5O13.C17H15N3O8.C7H16N2O2/c38-21(3-1-19(36-28(44)11-12-29(36)45)16-34-24(40)7-8-25(34)41)4-5-22(50-18-32(48)49)15-33-23(39)6-2-20(37-30(46)13-14-31(37)47)17-35-26(42)9-10-27(35)43;21-11-2-3-12(22)18(11)9-10(19-13(23)4-5-14(19)24)1-8-17(27)28-20-15(25)6-7-16(20)26;8-4-3-6(5-9)1-2-7(10)11/h7-14,19-20,22H,1-6,15-18H2,(H,33,39)(H,48,49);2-5,10H,1,6-9H2;6H,1-5,8-9H2,(H,10,11). The summed E-state index contributed by atoms with van der Waals surface area (Å²) in [6.45, 7) is -0.785. The number of nitrogens with two attached hydrogens (primary N) is 2. The van der Waals surface area contributed by atoms with E-state index in [4.69, 9.17) is 31.3 Å². The quantitative estimate of drug-likeness (QED) is 0.0395. The van der Waals surface area contributed by atoms with Crippen LogP contribution in [0.25, 0.3) is 0 Å². The smallest absolute Gasteiger partial charge is 0.333 e. The number of rotatable bonds is 33. The Morgan fingerprint density at radius 3 is 1.17 bits per heavy atom. The van der Waals surface area contributed by atoms with Crippen LogP contribution in [-0.2, 0) is 101 Å². The third-order valence-corrected chi connectivity index (χ3v) is 14.2. The lowest BCUT2D eigenvalue weighted by Gasteiger charge is -2.29. The van der Waals surface area contributed by atoms with E-state index in [-0.39, 0.29) is 109 Å². The lowest BCUT2D eigenvalue weighted by atomic mass is 10.00. The van der Waals surface area contributed by atoms with E-state index in [1.807, 2.05) is 0 Å². The summed E-state index contributed by atoms with van der Waals surface area (Å²) in [5.74, 6) is -12.6. The van der Waals surface area contributed by atoms with Gasteiger partial charge >= 0.3 is 17.9 Å². The zero-order chi connectivity index (χ0) is 65.6. The number of aliphatic carboxylic acids is 2. The number of nitrogens with zero attached hydrogens (tertiary/aromatic N) is 7. The highest BCUT2D eigenvalue weighted by molar-refractivity contribution is 6.17. The van der Waals surface area contributed by atoms with Gasteiger partial charge < -0.3 is 36.6 Å². The normalized spacial score (nSPS) is 18.5. The first-order chi connectivity index (χ1) is 42.2. The van der Waals surface area contributed by atoms with Crippen LogP contribution in [0.4, 0.5) is 0 Å². The number of carbonyl (C=O) groups excluding carboxylic acids is 17. The minimum Gasteiger partial charge on any atom is -0.481 e. The molecule has 476 valence electrons. The summed E-state index contributed by atoms with van der Waals surface area (Å²) in [7, 11) is 0. The van der Waals surface area contributed by atoms with E-state index in [0.717, 1.165) is 109 Å². The van der Waals surface area contributed by atoms with Crippen molar-refractivity contribution in [2.24, 2.45) is 17.4 Å². The molecule has 1 fully saturated rings. The Balaban J connectivity index is 0.000000307. The van der Waals surface area contributed by atoms with Gasteiger partial charge in [-0.15, -0.1) is 5.06 Å². The number of carboxylic acids is 2. The summed E-state index contributed by atoms with van der Waals surface area (Å²) >= 11 is 0. The molecule has 7 heterocycles. The second-order valence-electron chi connectivity index (χ2n) is 20.4. The summed E-state index contributed by atoms with van der Waals surface area (Å²) in [5.41, 5.74) is 10.7. The van der Waals surface area contributed by atoms with Gasteiger partial charge in [0.2, 0.25) is 5.91 Å². The van der Waals surface area contributed by atoms with Crippen LogP contribution in [0.2, 0.25) is 0 Å². The average molecular weight is 1250 g/mol. The molecule has 7 aliphatic heterocycles. The van der Waals surface area contributed by atoms with Crippen molar-refractivity contribution in [2.75, 3.05) is 45.9 Å². The zero-order valence-electron chi connectivity index (χ0n) is 47.7. The number of ether oxygens (including phenoxy) is 1. The van der Waals surface area contributed by atoms with Crippen LogP contribution in [0.3, 0.4) is 0 Å². The second-order valence-corrected chi connectivity index (χ2v) is 20.4. The summed E-state index contributed by atoms with van der Waals surface area (Å²) in [4.78, 5) is 237. The van der Waals surface area contributed by atoms with Crippen LogP contribution in [0.5, 0.6) is 0 Å². The van der Waals surface area contributed by atoms with Crippen molar-refractivity contribution in [2.45, 2.75) is 108 Å². The highest BCUT2D eigenvalue weighted by Crippen LogP contribution is 2.23. The number of carbonyl (C=O) groups is 19. The average Bonchev–Trinajstić information content (AvgIpc) is 3.09. The third kappa shape index (κ3) is 20.2. The number of amides is 15. The lowest BCUT2D eigenvalue weighted by Crippen LogP contribution is -2.49. The van der Waals surface area contributed by atoms with Crippen LogP contribution >= 0.6 is 0 Å². The first kappa shape index (κ1) is 69.6. The molecule has 5 unspecified atom stereocenters. The lowest BCUT2D eigenvalue weighted by molar-refractivity contribution is -0.197. The minimum absolute atomic E-state index is 0.0372. The van der Waals surface area contributed by atoms with Gasteiger partial charge in [-0.25, -0.2) is 9.59 Å². The molecular weight excluding hydrogens is 1180 g/mol. The first-order valence-corrected chi connectivity index (χ1v) is 27.8. The maximum atomic E-state index is 12.9. The van der Waals surface area contributed by atoms with E-state index in [0.29, 0.717) is 24.6 Å². The van der Waals surface area contributed by atoms with Gasteiger partial charge in [0.05, 0.1) is 50.3 Å². The largest absolute Gasteiger partial charge is 0.481 e. The van der Waals surface area contributed by atoms with Crippen LogP contribution in [0.1, 0.15) is 83.5 Å². The minimum atomic E-state index is -1.30. The van der Waals surface area contributed by atoms with Gasteiger partial charge in [0.1, 0.15) is 12.4 Å². The van der Waals surface area contributed by atoms with Crippen molar-refractivity contribution in [1.82, 2.24) is 39.8 Å². The van der Waals surface area contributed by atoms with Gasteiger partial charge in [-0.2, -0.15) is 0 Å². The molecule has 0 bridgehead atoms. The molecule has 0 aromatic rings. The fourth-order valence-corrected chi connectivity index (χ4v) is 9.54. The number of hydrogen-bond acceptors (Lipinski definition) is 23. The van der Waals surface area contributed by atoms with E-state index in [1.165, 1.54) is 0 Å². The van der Waals surface area contributed by atoms with Gasteiger partial charge in [-0.3, -0.25) is 111 Å². The van der Waals surface area contributed by atoms with Crippen LogP contribution < -0.4 is 16.8 Å². The predicted molar refractivity (Wildman–Crippen MR) is 295 cm³/mol. The Morgan fingerprint density at radius 1 is 0.449 bits per heavy atom. The monoisotopic (exact) mass is 1240 g/mol. The molecule has 1 saturated heterocycles. The highest BCUT2D eigenvalue weighted by atomic mass is 16.7. The predicted octanol–water partition coefficient (Wildman–Crippen LogP) is -3.71. The number of ketones is 1. The van der Waals surface area contributed by atoms with Gasteiger partial charge in [-0.1, -0.05) is 0 Å². The molecule has 0 saturated carbocycles. The summed E-state index contributed by atoms with van der Waals surface area (Å²) in [6, 6.07) is -2.96. The molecule has 0 aromatic heterocycles. The number of Topliss-reactive ketones (excluding diaryl/α,β-unsaturated/α-hetero) is 1. The van der Waals surface area contributed by atoms with E-state index in [1.54, 1.807) is 0 Å². The molecule has 0 aliphatic carbocycles. The fourth-order valence-electron chi connectivity index (χ4n) is 9.54. The summed E-state index contributed by atoms with van der Waals surface area (Å²) in [5, 5.41) is 20.4. The molecule has 89 heavy (non-hydrogen) atoms. The first-order valence-electron chi connectivity index (χ1n) is 27.8. The van der Waals surface area contributed by atoms with E-state index in [2.05, 4.69) is 5.32 Å². The van der Waals surface area contributed by atoms with Crippen molar-refractivity contribution in [3.05, 3.63) is 72.9 Å². The SMILES string of the molecule is NCCC(CN)CCC(=O)O.O=C(CCC(CN1C(=O)C=CC1=O)N1C(=O)C=CC1=O)ON1C(=O)CCC1=O.O=C(O)COC(CCC(=O)CCC(CN1C(=O)C=CC1=O)N1C(=O)C=CC1=O)CNC(=O)CCC(CN1C(=O)C=CC1=O)N1C(=O)C=CC1=O. The Labute approximate surface area is 505 Å². The van der Waals surface area contributed by atoms with E-state index in [9.17, 15) is 91.1 Å². The third-order valence-electron chi connectivity index (χ3n) is 14.2. The molecule has 5 atom stereocenters. The van der Waals surface area contributed by atoms with Crippen molar-refractivity contribution in [3.8, 4) is 0 Å². The molecular formula is C56H64N10O23.